The highest BCUT2D eigenvalue weighted by atomic mass is 19.3. The quantitative estimate of drug-likeness (QED) is 0.825. The van der Waals surface area contributed by atoms with Crippen LogP contribution in [0, 0.1) is 0 Å². The first-order valence-corrected chi connectivity index (χ1v) is 7.14. The van der Waals surface area contributed by atoms with Crippen LogP contribution >= 0.6 is 0 Å². The first-order valence-electron chi connectivity index (χ1n) is 7.14. The van der Waals surface area contributed by atoms with Crippen LogP contribution in [0.2, 0.25) is 0 Å². The van der Waals surface area contributed by atoms with Gasteiger partial charge in [-0.2, -0.15) is 8.78 Å². The van der Waals surface area contributed by atoms with Crippen molar-refractivity contribution in [3.05, 3.63) is 65.7 Å². The van der Waals surface area contributed by atoms with Crippen molar-refractivity contribution in [2.45, 2.75) is 19.2 Å². The Kier molecular flexibility index (Phi) is 6.05. The van der Waals surface area contributed by atoms with E-state index in [9.17, 15) is 13.6 Å². The molecule has 0 aliphatic carbocycles. The van der Waals surface area contributed by atoms with Crippen LogP contribution in [0.3, 0.4) is 0 Å². The van der Waals surface area contributed by atoms with Crippen LogP contribution in [-0.2, 0) is 11.3 Å². The fraction of sp³-hybridized carbons (Fsp3) is 0.235. The summed E-state index contributed by atoms with van der Waals surface area (Å²) in [6, 6.07) is 15.2. The zero-order valence-electron chi connectivity index (χ0n) is 12.6. The Morgan fingerprint density at radius 2 is 1.74 bits per heavy atom. The summed E-state index contributed by atoms with van der Waals surface area (Å²) in [5, 5.41) is 5.79. The Balaban J connectivity index is 2.02. The summed E-state index contributed by atoms with van der Waals surface area (Å²) < 4.78 is 28.5. The molecular formula is C17H18F2N2O2. The van der Waals surface area contributed by atoms with Crippen LogP contribution in [0.4, 0.5) is 8.78 Å². The van der Waals surface area contributed by atoms with Gasteiger partial charge in [-0.3, -0.25) is 10.1 Å². The van der Waals surface area contributed by atoms with Crippen molar-refractivity contribution in [3.63, 3.8) is 0 Å². The van der Waals surface area contributed by atoms with Crippen molar-refractivity contribution in [3.8, 4) is 5.75 Å². The first-order chi connectivity index (χ1) is 11.1. The SMILES string of the molecule is CNC(=O)C(NCc1ccc(OC(F)F)cc1)c1ccccc1. The monoisotopic (exact) mass is 320 g/mol. The maximum Gasteiger partial charge on any atom is 0.387 e. The Hall–Kier alpha value is -2.47. The summed E-state index contributed by atoms with van der Waals surface area (Å²) in [5.41, 5.74) is 1.71. The van der Waals surface area contributed by atoms with E-state index in [1.54, 1.807) is 19.2 Å². The lowest BCUT2D eigenvalue weighted by atomic mass is 10.1. The smallest absolute Gasteiger partial charge is 0.387 e. The molecule has 0 aromatic heterocycles. The standard InChI is InChI=1S/C17H18F2N2O2/c1-20-16(22)15(13-5-3-2-4-6-13)21-11-12-7-9-14(10-8-12)23-17(18)19/h2-10,15,17,21H,11H2,1H3,(H,20,22). The Labute approximate surface area is 133 Å². The fourth-order valence-corrected chi connectivity index (χ4v) is 2.16. The van der Waals surface area contributed by atoms with Crippen LogP contribution in [0.15, 0.2) is 54.6 Å². The van der Waals surface area contributed by atoms with Crippen LogP contribution in [0.25, 0.3) is 0 Å². The van der Waals surface area contributed by atoms with E-state index in [1.165, 1.54) is 12.1 Å². The molecule has 122 valence electrons. The van der Waals surface area contributed by atoms with Crippen LogP contribution in [0.1, 0.15) is 17.2 Å². The summed E-state index contributed by atoms with van der Waals surface area (Å²) >= 11 is 0. The molecule has 2 aromatic rings. The number of nitrogens with one attached hydrogen (secondary N) is 2. The van der Waals surface area contributed by atoms with Crippen molar-refractivity contribution < 1.29 is 18.3 Å². The van der Waals surface area contributed by atoms with E-state index in [4.69, 9.17) is 0 Å². The molecule has 1 atom stereocenters. The van der Waals surface area contributed by atoms with Crippen molar-refractivity contribution in [2.24, 2.45) is 0 Å². The lowest BCUT2D eigenvalue weighted by Gasteiger charge is -2.18. The van der Waals surface area contributed by atoms with Crippen LogP contribution < -0.4 is 15.4 Å². The number of carbonyl (C=O) groups excluding carboxylic acids is 1. The number of ether oxygens (including phenoxy) is 1. The minimum atomic E-state index is -2.84. The molecule has 0 aliphatic heterocycles. The molecule has 0 heterocycles. The lowest BCUT2D eigenvalue weighted by Crippen LogP contribution is -2.35. The minimum Gasteiger partial charge on any atom is -0.435 e. The third-order valence-electron chi connectivity index (χ3n) is 3.30. The fourth-order valence-electron chi connectivity index (χ4n) is 2.16. The van der Waals surface area contributed by atoms with Gasteiger partial charge in [0.1, 0.15) is 11.8 Å². The second-order valence-corrected chi connectivity index (χ2v) is 4.86. The first kappa shape index (κ1) is 16.9. The number of hydrogen-bond donors (Lipinski definition) is 2. The van der Waals surface area contributed by atoms with E-state index in [2.05, 4.69) is 15.4 Å². The average molecular weight is 320 g/mol. The van der Waals surface area contributed by atoms with Crippen molar-refractivity contribution in [2.75, 3.05) is 7.05 Å². The zero-order chi connectivity index (χ0) is 16.7. The molecule has 1 amide bonds. The highest BCUT2D eigenvalue weighted by Gasteiger charge is 2.18. The number of halogens is 2. The topological polar surface area (TPSA) is 50.4 Å². The number of hydrogen-bond acceptors (Lipinski definition) is 3. The van der Waals surface area contributed by atoms with Gasteiger partial charge in [-0.1, -0.05) is 42.5 Å². The van der Waals surface area contributed by atoms with Gasteiger partial charge in [-0.05, 0) is 23.3 Å². The van der Waals surface area contributed by atoms with Crippen molar-refractivity contribution in [1.29, 1.82) is 0 Å². The van der Waals surface area contributed by atoms with Gasteiger partial charge in [0.25, 0.3) is 0 Å². The van der Waals surface area contributed by atoms with Gasteiger partial charge in [-0.25, -0.2) is 0 Å². The number of benzene rings is 2. The van der Waals surface area contributed by atoms with Crippen molar-refractivity contribution >= 4 is 5.91 Å². The summed E-state index contributed by atoms with van der Waals surface area (Å²) in [5.74, 6) is -0.0384. The van der Waals surface area contributed by atoms with E-state index in [0.29, 0.717) is 6.54 Å². The van der Waals surface area contributed by atoms with Gasteiger partial charge in [0.2, 0.25) is 5.91 Å². The minimum absolute atomic E-state index is 0.106. The molecule has 2 N–H and O–H groups in total. The molecule has 4 nitrogen and oxygen atoms in total. The molecule has 0 aliphatic rings. The molecule has 2 aromatic carbocycles. The molecule has 0 fully saturated rings. The largest absolute Gasteiger partial charge is 0.435 e. The molecule has 23 heavy (non-hydrogen) atoms. The van der Waals surface area contributed by atoms with E-state index < -0.39 is 12.7 Å². The molecule has 0 bridgehead atoms. The van der Waals surface area contributed by atoms with Gasteiger partial charge < -0.3 is 10.1 Å². The highest BCUT2D eigenvalue weighted by molar-refractivity contribution is 5.82. The molecule has 1 unspecified atom stereocenters. The number of likely N-dealkylation sites (N-methyl/N-ethyl adjacent to an activating group) is 1. The van der Waals surface area contributed by atoms with Gasteiger partial charge in [0.05, 0.1) is 0 Å². The van der Waals surface area contributed by atoms with E-state index >= 15 is 0 Å². The third-order valence-corrected chi connectivity index (χ3v) is 3.30. The predicted octanol–water partition coefficient (Wildman–Crippen LogP) is 2.86. The summed E-state index contributed by atoms with van der Waals surface area (Å²) in [6.45, 7) is -2.42. The van der Waals surface area contributed by atoms with Gasteiger partial charge in [0.15, 0.2) is 0 Å². The van der Waals surface area contributed by atoms with E-state index in [0.717, 1.165) is 11.1 Å². The third kappa shape index (κ3) is 5.03. The second kappa shape index (κ2) is 8.24. The average Bonchev–Trinajstić information content (AvgIpc) is 2.56. The normalized spacial score (nSPS) is 12.0. The van der Waals surface area contributed by atoms with E-state index in [-0.39, 0.29) is 11.7 Å². The molecule has 0 saturated carbocycles. The molecule has 2 rings (SSSR count). The maximum atomic E-state index is 12.1. The highest BCUT2D eigenvalue weighted by Crippen LogP contribution is 2.17. The summed E-state index contributed by atoms with van der Waals surface area (Å²) in [6.07, 6.45) is 0. The van der Waals surface area contributed by atoms with Gasteiger partial charge in [0, 0.05) is 13.6 Å². The number of amides is 1. The molecule has 0 spiro atoms. The molecular weight excluding hydrogens is 302 g/mol. The van der Waals surface area contributed by atoms with Crippen molar-refractivity contribution in [1.82, 2.24) is 10.6 Å². The maximum absolute atomic E-state index is 12.1. The Morgan fingerprint density at radius 3 is 2.30 bits per heavy atom. The molecule has 6 heteroatoms. The summed E-state index contributed by atoms with van der Waals surface area (Å²) in [7, 11) is 1.58. The van der Waals surface area contributed by atoms with Gasteiger partial charge in [-0.15, -0.1) is 0 Å². The number of alkyl halides is 2. The Morgan fingerprint density at radius 1 is 1.09 bits per heavy atom. The van der Waals surface area contributed by atoms with E-state index in [1.807, 2.05) is 30.3 Å². The predicted molar refractivity (Wildman–Crippen MR) is 83.2 cm³/mol. The van der Waals surface area contributed by atoms with Gasteiger partial charge >= 0.3 is 6.61 Å². The Bertz CT molecular complexity index is 618. The zero-order valence-corrected chi connectivity index (χ0v) is 12.6. The second-order valence-electron chi connectivity index (χ2n) is 4.86. The molecule has 0 saturated heterocycles. The number of carbonyl (C=O) groups is 1. The lowest BCUT2D eigenvalue weighted by molar-refractivity contribution is -0.122. The number of rotatable bonds is 7. The molecule has 0 radical (unpaired) electrons. The summed E-state index contributed by atoms with van der Waals surface area (Å²) in [4.78, 5) is 12.0. The van der Waals surface area contributed by atoms with Crippen LogP contribution in [0.5, 0.6) is 5.75 Å². The van der Waals surface area contributed by atoms with Crippen LogP contribution in [-0.4, -0.2) is 19.6 Å².